The normalized spacial score (nSPS) is 10.9. The lowest BCUT2D eigenvalue weighted by Gasteiger charge is -2.14. The Bertz CT molecular complexity index is 601. The van der Waals surface area contributed by atoms with Gasteiger partial charge in [-0.3, -0.25) is 14.5 Å². The number of hydrogen-bond acceptors (Lipinski definition) is 5. The first-order chi connectivity index (χ1) is 10.5. The Balaban J connectivity index is 2.86. The van der Waals surface area contributed by atoms with Gasteiger partial charge < -0.3 is 5.32 Å². The van der Waals surface area contributed by atoms with Crippen molar-refractivity contribution >= 4 is 34.4 Å². The quantitative estimate of drug-likeness (QED) is 0.474. The Morgan fingerprint density at radius 1 is 1.50 bits per heavy atom. The summed E-state index contributed by atoms with van der Waals surface area (Å²) in [5.74, 6) is -0.491. The van der Waals surface area contributed by atoms with Crippen LogP contribution in [0.15, 0.2) is 11.0 Å². The Morgan fingerprint density at radius 2 is 2.23 bits per heavy atom. The summed E-state index contributed by atoms with van der Waals surface area (Å²) in [5.41, 5.74) is 0.515. The fraction of sp³-hybridized carbons (Fsp3) is 0.467. The zero-order chi connectivity index (χ0) is 16.5. The predicted octanol–water partition coefficient (Wildman–Crippen LogP) is 2.34. The lowest BCUT2D eigenvalue weighted by atomic mass is 10.2. The van der Waals surface area contributed by atoms with Crippen molar-refractivity contribution in [1.29, 1.82) is 5.26 Å². The Kier molecular flexibility index (Phi) is 7.26. The van der Waals surface area contributed by atoms with E-state index in [-0.39, 0.29) is 11.5 Å². The number of aromatic nitrogens is 1. The number of carbonyl (C=O) groups is 2. The first-order valence-electron chi connectivity index (χ1n) is 7.17. The molecule has 0 unspecified atom stereocenters. The first-order valence-corrected chi connectivity index (χ1v) is 8.05. The largest absolute Gasteiger partial charge is 0.351 e. The molecule has 1 aromatic heterocycles. The minimum absolute atomic E-state index is 0.0128. The smallest absolute Gasteiger partial charge is 0.262 e. The van der Waals surface area contributed by atoms with E-state index in [4.69, 9.17) is 5.26 Å². The zero-order valence-electron chi connectivity index (χ0n) is 13.0. The fourth-order valence-electron chi connectivity index (χ4n) is 1.73. The summed E-state index contributed by atoms with van der Waals surface area (Å²) in [7, 11) is 0. The van der Waals surface area contributed by atoms with Gasteiger partial charge in [0.25, 0.3) is 5.91 Å². The first kappa shape index (κ1) is 17.9. The third-order valence-corrected chi connectivity index (χ3v) is 3.79. The lowest BCUT2D eigenvalue weighted by Crippen LogP contribution is -2.27. The Morgan fingerprint density at radius 3 is 2.77 bits per heavy atom. The van der Waals surface area contributed by atoms with Crippen LogP contribution in [0.25, 0.3) is 6.08 Å². The molecule has 0 spiro atoms. The van der Waals surface area contributed by atoms with Gasteiger partial charge in [0.15, 0.2) is 5.13 Å². The minimum Gasteiger partial charge on any atom is -0.351 e. The van der Waals surface area contributed by atoms with E-state index in [1.807, 2.05) is 19.9 Å². The summed E-state index contributed by atoms with van der Waals surface area (Å²) in [6.45, 7) is 6.43. The van der Waals surface area contributed by atoms with Gasteiger partial charge >= 0.3 is 0 Å². The highest BCUT2D eigenvalue weighted by Gasteiger charge is 2.14. The summed E-state index contributed by atoms with van der Waals surface area (Å²) in [6, 6.07) is 1.89. The van der Waals surface area contributed by atoms with E-state index in [1.165, 1.54) is 29.2 Å². The molecule has 7 heteroatoms. The van der Waals surface area contributed by atoms with E-state index in [0.29, 0.717) is 23.9 Å². The Labute approximate surface area is 134 Å². The molecule has 118 valence electrons. The molecule has 0 atom stereocenters. The molecule has 0 aromatic carbocycles. The molecular weight excluding hydrogens is 300 g/mol. The van der Waals surface area contributed by atoms with Gasteiger partial charge in [0.05, 0.1) is 5.69 Å². The number of unbranched alkanes of at least 4 members (excludes halogenated alkanes) is 1. The third-order valence-electron chi connectivity index (χ3n) is 2.91. The topological polar surface area (TPSA) is 86.1 Å². The van der Waals surface area contributed by atoms with Crippen molar-refractivity contribution in [3.05, 3.63) is 16.6 Å². The molecule has 0 radical (unpaired) electrons. The Hall–Kier alpha value is -2.20. The van der Waals surface area contributed by atoms with Gasteiger partial charge in [-0.1, -0.05) is 13.3 Å². The van der Waals surface area contributed by atoms with Crippen LogP contribution in [0.4, 0.5) is 5.13 Å². The number of nitrogens with one attached hydrogen (secondary N) is 1. The second kappa shape index (κ2) is 8.95. The standard InChI is InChI=1S/C15H20N4O2S/c1-4-6-7-17-14(21)12(9-16)8-13-10-22-15(18-13)19(5-2)11(3)20/h8,10H,4-7H2,1-3H3,(H,17,21)/b12-8+. The molecule has 2 amide bonds. The molecule has 0 fully saturated rings. The monoisotopic (exact) mass is 320 g/mol. The number of nitriles is 1. The van der Waals surface area contributed by atoms with Gasteiger partial charge in [-0.2, -0.15) is 5.26 Å². The maximum absolute atomic E-state index is 11.9. The summed E-state index contributed by atoms with van der Waals surface area (Å²) in [4.78, 5) is 29.2. The number of hydrogen-bond donors (Lipinski definition) is 1. The van der Waals surface area contributed by atoms with Crippen molar-refractivity contribution in [2.24, 2.45) is 0 Å². The van der Waals surface area contributed by atoms with Crippen LogP contribution in [-0.2, 0) is 9.59 Å². The molecule has 0 aliphatic carbocycles. The van der Waals surface area contributed by atoms with E-state index in [0.717, 1.165) is 12.8 Å². The van der Waals surface area contributed by atoms with E-state index >= 15 is 0 Å². The van der Waals surface area contributed by atoms with Crippen LogP contribution >= 0.6 is 11.3 Å². The van der Waals surface area contributed by atoms with Gasteiger partial charge in [-0.05, 0) is 19.4 Å². The number of amides is 2. The number of carbonyl (C=O) groups excluding carboxylic acids is 2. The second-order valence-corrected chi connectivity index (χ2v) is 5.43. The van der Waals surface area contributed by atoms with E-state index in [9.17, 15) is 9.59 Å². The molecule has 0 aliphatic heterocycles. The number of thiazole rings is 1. The second-order valence-electron chi connectivity index (χ2n) is 4.60. The minimum atomic E-state index is -0.399. The number of anilines is 1. The van der Waals surface area contributed by atoms with Crippen LogP contribution in [0, 0.1) is 11.3 Å². The van der Waals surface area contributed by atoms with Gasteiger partial charge in [-0.25, -0.2) is 4.98 Å². The fourth-order valence-corrected chi connectivity index (χ4v) is 2.62. The van der Waals surface area contributed by atoms with Crippen LogP contribution in [0.2, 0.25) is 0 Å². The highest BCUT2D eigenvalue weighted by Crippen LogP contribution is 2.22. The summed E-state index contributed by atoms with van der Waals surface area (Å²) in [6.07, 6.45) is 3.28. The van der Waals surface area contributed by atoms with Crippen molar-refractivity contribution < 1.29 is 9.59 Å². The van der Waals surface area contributed by atoms with Gasteiger partial charge in [0, 0.05) is 25.4 Å². The van der Waals surface area contributed by atoms with Crippen molar-refractivity contribution in [3.63, 3.8) is 0 Å². The average Bonchev–Trinajstić information content (AvgIpc) is 2.93. The molecule has 0 aliphatic rings. The molecule has 22 heavy (non-hydrogen) atoms. The predicted molar refractivity (Wildman–Crippen MR) is 87.3 cm³/mol. The molecular formula is C15H20N4O2S. The van der Waals surface area contributed by atoms with Gasteiger partial charge in [0.2, 0.25) is 5.91 Å². The maximum atomic E-state index is 11.9. The van der Waals surface area contributed by atoms with Crippen LogP contribution in [0.3, 0.4) is 0 Å². The summed E-state index contributed by atoms with van der Waals surface area (Å²) >= 11 is 1.30. The molecule has 6 nitrogen and oxygen atoms in total. The van der Waals surface area contributed by atoms with E-state index in [2.05, 4.69) is 10.3 Å². The highest BCUT2D eigenvalue weighted by atomic mass is 32.1. The SMILES string of the molecule is CCCCNC(=O)/C(C#N)=C/c1csc(N(CC)C(C)=O)n1. The molecule has 0 saturated heterocycles. The average molecular weight is 320 g/mol. The van der Waals surface area contributed by atoms with E-state index < -0.39 is 5.91 Å². The summed E-state index contributed by atoms with van der Waals surface area (Å²) in [5, 5.41) is 14.1. The van der Waals surface area contributed by atoms with Gasteiger partial charge in [0.1, 0.15) is 11.6 Å². The third kappa shape index (κ3) is 4.97. The van der Waals surface area contributed by atoms with Crippen molar-refractivity contribution in [2.45, 2.75) is 33.6 Å². The van der Waals surface area contributed by atoms with Crippen LogP contribution in [0.1, 0.15) is 39.3 Å². The molecule has 1 rings (SSSR count). The molecule has 1 N–H and O–H groups in total. The van der Waals surface area contributed by atoms with Crippen LogP contribution in [0.5, 0.6) is 0 Å². The molecule has 1 aromatic rings. The maximum Gasteiger partial charge on any atom is 0.262 e. The molecule has 0 bridgehead atoms. The highest BCUT2D eigenvalue weighted by molar-refractivity contribution is 7.14. The molecule has 0 saturated carbocycles. The van der Waals surface area contributed by atoms with Crippen LogP contribution < -0.4 is 10.2 Å². The van der Waals surface area contributed by atoms with Crippen molar-refractivity contribution in [2.75, 3.05) is 18.0 Å². The summed E-state index contributed by atoms with van der Waals surface area (Å²) < 4.78 is 0. The lowest BCUT2D eigenvalue weighted by molar-refractivity contribution is -0.117. The van der Waals surface area contributed by atoms with Gasteiger partial charge in [-0.15, -0.1) is 11.3 Å². The number of nitrogens with zero attached hydrogens (tertiary/aromatic N) is 3. The van der Waals surface area contributed by atoms with Crippen LogP contribution in [-0.4, -0.2) is 29.9 Å². The van der Waals surface area contributed by atoms with Crippen molar-refractivity contribution in [1.82, 2.24) is 10.3 Å². The zero-order valence-corrected chi connectivity index (χ0v) is 13.9. The van der Waals surface area contributed by atoms with Crippen molar-refractivity contribution in [3.8, 4) is 6.07 Å². The number of rotatable bonds is 7. The molecule has 1 heterocycles. The van der Waals surface area contributed by atoms with E-state index in [1.54, 1.807) is 5.38 Å².